The first kappa shape index (κ1) is 13.6. The number of halogens is 1. The van der Waals surface area contributed by atoms with Gasteiger partial charge in [0.1, 0.15) is 0 Å². The largest absolute Gasteiger partial charge is 0.342 e. The third-order valence-electron chi connectivity index (χ3n) is 3.63. The average molecular weight is 310 g/mol. The third-order valence-corrected chi connectivity index (χ3v) is 4.09. The summed E-state index contributed by atoms with van der Waals surface area (Å²) in [5.41, 5.74) is 2.36. The number of aryl methyl sites for hydroxylation is 1. The van der Waals surface area contributed by atoms with E-state index in [2.05, 4.69) is 47.1 Å². The third kappa shape index (κ3) is 3.58. The number of rotatable bonds is 4. The van der Waals surface area contributed by atoms with Gasteiger partial charge in [0, 0.05) is 18.4 Å². The Morgan fingerprint density at radius 1 is 1.39 bits per heavy atom. The first-order valence-electron chi connectivity index (χ1n) is 6.58. The number of carbonyl (C=O) groups excluding carboxylic acids is 1. The average Bonchev–Trinajstić information content (AvgIpc) is 2.81. The van der Waals surface area contributed by atoms with Gasteiger partial charge in [-0.3, -0.25) is 4.79 Å². The second kappa shape index (κ2) is 6.37. The van der Waals surface area contributed by atoms with Crippen LogP contribution in [0.15, 0.2) is 24.3 Å². The molecular formula is C15H20BrNO. The molecule has 1 aromatic rings. The number of alkyl halides is 1. The standard InChI is InChI=1S/C15H20BrNO/c1-12-2-4-13(5-3-12)10-15(18)17-9-7-14(11-17)6-8-16/h2-5,14H,6-11H2,1H3. The van der Waals surface area contributed by atoms with Crippen LogP contribution in [0.3, 0.4) is 0 Å². The topological polar surface area (TPSA) is 20.3 Å². The summed E-state index contributed by atoms with van der Waals surface area (Å²) in [6.07, 6.45) is 2.88. The highest BCUT2D eigenvalue weighted by atomic mass is 79.9. The number of hydrogen-bond donors (Lipinski definition) is 0. The molecule has 1 fully saturated rings. The van der Waals surface area contributed by atoms with E-state index in [0.717, 1.165) is 30.4 Å². The molecule has 0 radical (unpaired) electrons. The van der Waals surface area contributed by atoms with Gasteiger partial charge in [0.2, 0.25) is 5.91 Å². The summed E-state index contributed by atoms with van der Waals surface area (Å²) in [6, 6.07) is 8.25. The van der Waals surface area contributed by atoms with Crippen molar-refractivity contribution in [3.8, 4) is 0 Å². The lowest BCUT2D eigenvalue weighted by molar-refractivity contribution is -0.129. The van der Waals surface area contributed by atoms with Crippen LogP contribution in [0, 0.1) is 12.8 Å². The molecule has 0 aliphatic carbocycles. The van der Waals surface area contributed by atoms with E-state index in [1.54, 1.807) is 0 Å². The zero-order valence-electron chi connectivity index (χ0n) is 10.9. The molecule has 0 bridgehead atoms. The Morgan fingerprint density at radius 3 is 2.78 bits per heavy atom. The maximum absolute atomic E-state index is 12.2. The summed E-state index contributed by atoms with van der Waals surface area (Å²) in [5.74, 6) is 0.960. The molecule has 18 heavy (non-hydrogen) atoms. The fourth-order valence-electron chi connectivity index (χ4n) is 2.44. The van der Waals surface area contributed by atoms with Gasteiger partial charge in [0.05, 0.1) is 6.42 Å². The molecule has 0 saturated carbocycles. The summed E-state index contributed by atoms with van der Waals surface area (Å²) in [4.78, 5) is 14.2. The first-order chi connectivity index (χ1) is 8.69. The van der Waals surface area contributed by atoms with Crippen molar-refractivity contribution in [2.75, 3.05) is 18.4 Å². The molecule has 1 amide bonds. The van der Waals surface area contributed by atoms with Crippen molar-refractivity contribution in [1.29, 1.82) is 0 Å². The van der Waals surface area contributed by atoms with Crippen molar-refractivity contribution in [1.82, 2.24) is 4.90 Å². The first-order valence-corrected chi connectivity index (χ1v) is 7.70. The minimum atomic E-state index is 0.274. The Balaban J connectivity index is 1.87. The summed E-state index contributed by atoms with van der Waals surface area (Å²) in [6.45, 7) is 3.94. The molecular weight excluding hydrogens is 290 g/mol. The van der Waals surface area contributed by atoms with E-state index in [-0.39, 0.29) is 5.91 Å². The van der Waals surface area contributed by atoms with Crippen LogP contribution in [-0.2, 0) is 11.2 Å². The van der Waals surface area contributed by atoms with E-state index in [1.807, 2.05) is 4.90 Å². The van der Waals surface area contributed by atoms with Crippen molar-refractivity contribution < 1.29 is 4.79 Å². The van der Waals surface area contributed by atoms with Crippen LogP contribution in [0.1, 0.15) is 24.0 Å². The minimum absolute atomic E-state index is 0.274. The molecule has 2 rings (SSSR count). The van der Waals surface area contributed by atoms with Gasteiger partial charge >= 0.3 is 0 Å². The Morgan fingerprint density at radius 2 is 2.11 bits per heavy atom. The van der Waals surface area contributed by atoms with E-state index < -0.39 is 0 Å². The Hall–Kier alpha value is -0.830. The molecule has 0 N–H and O–H groups in total. The van der Waals surface area contributed by atoms with Crippen LogP contribution in [0.25, 0.3) is 0 Å². The molecule has 1 aliphatic heterocycles. The lowest BCUT2D eigenvalue weighted by Gasteiger charge is -2.16. The van der Waals surface area contributed by atoms with Gasteiger partial charge in [-0.2, -0.15) is 0 Å². The lowest BCUT2D eigenvalue weighted by atomic mass is 10.1. The second-order valence-electron chi connectivity index (χ2n) is 5.13. The number of likely N-dealkylation sites (tertiary alicyclic amines) is 1. The molecule has 1 heterocycles. The molecule has 1 unspecified atom stereocenters. The van der Waals surface area contributed by atoms with Crippen LogP contribution in [0.5, 0.6) is 0 Å². The highest BCUT2D eigenvalue weighted by Gasteiger charge is 2.25. The normalized spacial score (nSPS) is 19.2. The van der Waals surface area contributed by atoms with E-state index in [9.17, 15) is 4.79 Å². The number of hydrogen-bond acceptors (Lipinski definition) is 1. The lowest BCUT2D eigenvalue weighted by Crippen LogP contribution is -2.30. The quantitative estimate of drug-likeness (QED) is 0.782. The van der Waals surface area contributed by atoms with Crippen LogP contribution in [0.2, 0.25) is 0 Å². The molecule has 1 atom stereocenters. The molecule has 2 nitrogen and oxygen atoms in total. The van der Waals surface area contributed by atoms with E-state index in [4.69, 9.17) is 0 Å². The summed E-state index contributed by atoms with van der Waals surface area (Å²) >= 11 is 3.47. The minimum Gasteiger partial charge on any atom is -0.342 e. The Kier molecular flexibility index (Phi) is 4.81. The van der Waals surface area contributed by atoms with Gasteiger partial charge in [0.25, 0.3) is 0 Å². The van der Waals surface area contributed by atoms with Gasteiger partial charge in [0.15, 0.2) is 0 Å². The van der Waals surface area contributed by atoms with Crippen molar-refractivity contribution in [2.24, 2.45) is 5.92 Å². The summed E-state index contributed by atoms with van der Waals surface area (Å²) < 4.78 is 0. The maximum Gasteiger partial charge on any atom is 0.226 e. The van der Waals surface area contributed by atoms with E-state index in [1.165, 1.54) is 12.0 Å². The van der Waals surface area contributed by atoms with Gasteiger partial charge in [-0.1, -0.05) is 45.8 Å². The van der Waals surface area contributed by atoms with Crippen LogP contribution < -0.4 is 0 Å². The molecule has 1 aliphatic rings. The fraction of sp³-hybridized carbons (Fsp3) is 0.533. The zero-order valence-corrected chi connectivity index (χ0v) is 12.4. The van der Waals surface area contributed by atoms with Crippen LogP contribution >= 0.6 is 15.9 Å². The van der Waals surface area contributed by atoms with E-state index >= 15 is 0 Å². The SMILES string of the molecule is Cc1ccc(CC(=O)N2CCC(CCBr)C2)cc1. The molecule has 98 valence electrons. The predicted molar refractivity (Wildman–Crippen MR) is 78.0 cm³/mol. The number of benzene rings is 1. The fourth-order valence-corrected chi connectivity index (χ4v) is 3.09. The highest BCUT2D eigenvalue weighted by Crippen LogP contribution is 2.21. The highest BCUT2D eigenvalue weighted by molar-refractivity contribution is 9.09. The Labute approximate surface area is 117 Å². The Bertz CT molecular complexity index is 401. The monoisotopic (exact) mass is 309 g/mol. The van der Waals surface area contributed by atoms with E-state index in [0.29, 0.717) is 12.3 Å². The predicted octanol–water partition coefficient (Wildman–Crippen LogP) is 3.17. The maximum atomic E-state index is 12.2. The van der Waals surface area contributed by atoms with Crippen molar-refractivity contribution in [2.45, 2.75) is 26.2 Å². The summed E-state index contributed by atoms with van der Waals surface area (Å²) in [7, 11) is 0. The zero-order chi connectivity index (χ0) is 13.0. The smallest absolute Gasteiger partial charge is 0.226 e. The van der Waals surface area contributed by atoms with Crippen molar-refractivity contribution in [3.63, 3.8) is 0 Å². The number of amides is 1. The van der Waals surface area contributed by atoms with Gasteiger partial charge < -0.3 is 4.90 Å². The number of nitrogens with zero attached hydrogens (tertiary/aromatic N) is 1. The molecule has 0 aromatic heterocycles. The second-order valence-corrected chi connectivity index (χ2v) is 5.93. The molecule has 1 saturated heterocycles. The van der Waals surface area contributed by atoms with Gasteiger partial charge in [-0.25, -0.2) is 0 Å². The van der Waals surface area contributed by atoms with Crippen molar-refractivity contribution in [3.05, 3.63) is 35.4 Å². The molecule has 3 heteroatoms. The van der Waals surface area contributed by atoms with Gasteiger partial charge in [-0.05, 0) is 31.2 Å². The molecule has 1 aromatic carbocycles. The number of carbonyl (C=O) groups is 1. The van der Waals surface area contributed by atoms with Gasteiger partial charge in [-0.15, -0.1) is 0 Å². The summed E-state index contributed by atoms with van der Waals surface area (Å²) in [5, 5.41) is 1.04. The van der Waals surface area contributed by atoms with Crippen molar-refractivity contribution >= 4 is 21.8 Å². The molecule has 0 spiro atoms. The van der Waals surface area contributed by atoms with Crippen LogP contribution in [-0.4, -0.2) is 29.2 Å². The van der Waals surface area contributed by atoms with Crippen LogP contribution in [0.4, 0.5) is 0 Å².